The Balaban J connectivity index is 1.76. The summed E-state index contributed by atoms with van der Waals surface area (Å²) in [6.07, 6.45) is 2.13. The maximum Gasteiger partial charge on any atom is 0.224 e. The van der Waals surface area contributed by atoms with Gasteiger partial charge in [0.25, 0.3) is 0 Å². The highest BCUT2D eigenvalue weighted by Gasteiger charge is 2.20. The van der Waals surface area contributed by atoms with E-state index in [-0.39, 0.29) is 11.8 Å². The molecule has 0 unspecified atom stereocenters. The molecule has 82 valence electrons. The molecule has 2 heterocycles. The molecule has 1 aromatic heterocycles. The first kappa shape index (κ1) is 10.6. The van der Waals surface area contributed by atoms with Crippen molar-refractivity contribution in [3.05, 3.63) is 22.4 Å². The molecule has 1 fully saturated rings. The molecule has 3 nitrogen and oxygen atoms in total. The first-order valence-corrected chi connectivity index (χ1v) is 6.25. The largest absolute Gasteiger partial charge is 0.351 e. The molecular formula is C11H16N2OS. The lowest BCUT2D eigenvalue weighted by Crippen LogP contribution is -2.40. The summed E-state index contributed by atoms with van der Waals surface area (Å²) in [4.78, 5) is 13.0. The maximum absolute atomic E-state index is 11.7. The summed E-state index contributed by atoms with van der Waals surface area (Å²) in [7, 11) is 0. The van der Waals surface area contributed by atoms with E-state index in [0.717, 1.165) is 25.9 Å². The second kappa shape index (κ2) is 5.28. The van der Waals surface area contributed by atoms with Crippen molar-refractivity contribution < 1.29 is 4.79 Å². The van der Waals surface area contributed by atoms with Crippen LogP contribution in [0.4, 0.5) is 0 Å². The van der Waals surface area contributed by atoms with Crippen molar-refractivity contribution >= 4 is 17.2 Å². The number of carbonyl (C=O) groups is 1. The minimum Gasteiger partial charge on any atom is -0.351 e. The topological polar surface area (TPSA) is 41.1 Å². The van der Waals surface area contributed by atoms with Gasteiger partial charge in [-0.3, -0.25) is 4.79 Å². The van der Waals surface area contributed by atoms with E-state index in [1.54, 1.807) is 11.3 Å². The molecule has 0 saturated carbocycles. The van der Waals surface area contributed by atoms with Gasteiger partial charge in [0.05, 0.1) is 12.5 Å². The van der Waals surface area contributed by atoms with E-state index < -0.39 is 0 Å². The number of hydrogen-bond acceptors (Lipinski definition) is 3. The number of amides is 1. The van der Waals surface area contributed by atoms with Gasteiger partial charge in [-0.05, 0) is 30.8 Å². The lowest BCUT2D eigenvalue weighted by molar-refractivity contribution is -0.125. The Kier molecular flexibility index (Phi) is 3.75. The Morgan fingerprint density at radius 2 is 2.60 bits per heavy atom. The van der Waals surface area contributed by atoms with Crippen LogP contribution in [-0.2, 0) is 11.3 Å². The van der Waals surface area contributed by atoms with Gasteiger partial charge >= 0.3 is 0 Å². The number of thiophene rings is 1. The molecule has 0 spiro atoms. The lowest BCUT2D eigenvalue weighted by atomic mass is 9.99. The van der Waals surface area contributed by atoms with Crippen molar-refractivity contribution in [2.24, 2.45) is 5.92 Å². The first-order valence-electron chi connectivity index (χ1n) is 5.37. The fourth-order valence-corrected chi connectivity index (χ4v) is 2.45. The van der Waals surface area contributed by atoms with Crippen molar-refractivity contribution in [3.8, 4) is 0 Å². The molecule has 1 aliphatic heterocycles. The number of carbonyl (C=O) groups excluding carboxylic acids is 1. The van der Waals surface area contributed by atoms with Crippen molar-refractivity contribution in [2.75, 3.05) is 13.1 Å². The van der Waals surface area contributed by atoms with Crippen LogP contribution in [-0.4, -0.2) is 19.0 Å². The second-order valence-corrected chi connectivity index (χ2v) is 4.87. The zero-order valence-electron chi connectivity index (χ0n) is 8.66. The monoisotopic (exact) mass is 224 g/mol. The predicted octanol–water partition coefficient (Wildman–Crippen LogP) is 1.36. The summed E-state index contributed by atoms with van der Waals surface area (Å²) >= 11 is 1.68. The lowest BCUT2D eigenvalue weighted by Gasteiger charge is -2.21. The zero-order valence-corrected chi connectivity index (χ0v) is 9.48. The van der Waals surface area contributed by atoms with Gasteiger partial charge < -0.3 is 10.6 Å². The van der Waals surface area contributed by atoms with E-state index >= 15 is 0 Å². The average Bonchev–Trinajstić information content (AvgIpc) is 2.80. The van der Waals surface area contributed by atoms with Gasteiger partial charge in [0.2, 0.25) is 5.91 Å². The smallest absolute Gasteiger partial charge is 0.224 e. The van der Waals surface area contributed by atoms with Crippen LogP contribution in [0.15, 0.2) is 17.5 Å². The van der Waals surface area contributed by atoms with E-state index in [1.807, 2.05) is 17.5 Å². The molecule has 0 radical (unpaired) electrons. The van der Waals surface area contributed by atoms with Gasteiger partial charge in [-0.1, -0.05) is 6.07 Å². The number of rotatable bonds is 3. The summed E-state index contributed by atoms with van der Waals surface area (Å²) in [5.41, 5.74) is 0. The quantitative estimate of drug-likeness (QED) is 0.814. The van der Waals surface area contributed by atoms with Crippen LogP contribution in [0.2, 0.25) is 0 Å². The third-order valence-electron chi connectivity index (χ3n) is 2.68. The summed E-state index contributed by atoms with van der Waals surface area (Å²) in [5, 5.41) is 8.27. The van der Waals surface area contributed by atoms with Gasteiger partial charge in [-0.2, -0.15) is 0 Å². The van der Waals surface area contributed by atoms with Crippen molar-refractivity contribution in [2.45, 2.75) is 19.4 Å². The summed E-state index contributed by atoms with van der Waals surface area (Å²) in [6.45, 7) is 2.55. The van der Waals surface area contributed by atoms with Crippen LogP contribution in [0, 0.1) is 5.92 Å². The first-order chi connectivity index (χ1) is 7.36. The molecule has 4 heteroatoms. The fourth-order valence-electron chi connectivity index (χ4n) is 1.81. The number of nitrogens with one attached hydrogen (secondary N) is 2. The Bertz CT molecular complexity index is 304. The van der Waals surface area contributed by atoms with E-state index in [4.69, 9.17) is 0 Å². The average molecular weight is 224 g/mol. The molecule has 1 amide bonds. The minimum absolute atomic E-state index is 0.165. The molecule has 1 aliphatic rings. The summed E-state index contributed by atoms with van der Waals surface area (Å²) < 4.78 is 0. The molecule has 15 heavy (non-hydrogen) atoms. The molecular weight excluding hydrogens is 208 g/mol. The Hall–Kier alpha value is -0.870. The van der Waals surface area contributed by atoms with E-state index in [2.05, 4.69) is 10.6 Å². The van der Waals surface area contributed by atoms with E-state index in [0.29, 0.717) is 6.54 Å². The molecule has 0 aliphatic carbocycles. The van der Waals surface area contributed by atoms with Crippen LogP contribution >= 0.6 is 11.3 Å². The van der Waals surface area contributed by atoms with E-state index in [1.165, 1.54) is 4.88 Å². The number of piperidine rings is 1. The SMILES string of the molecule is O=C(NCc1cccs1)[C@@H]1CCCNC1. The molecule has 1 saturated heterocycles. The highest BCUT2D eigenvalue weighted by molar-refractivity contribution is 7.09. The van der Waals surface area contributed by atoms with Gasteiger partial charge in [0.1, 0.15) is 0 Å². The summed E-state index contributed by atoms with van der Waals surface area (Å²) in [5.74, 6) is 0.356. The molecule has 1 aromatic rings. The summed E-state index contributed by atoms with van der Waals surface area (Å²) in [6, 6.07) is 4.05. The van der Waals surface area contributed by atoms with Crippen LogP contribution < -0.4 is 10.6 Å². The third kappa shape index (κ3) is 3.04. The predicted molar refractivity (Wildman–Crippen MR) is 61.8 cm³/mol. The Morgan fingerprint density at radius 3 is 3.27 bits per heavy atom. The van der Waals surface area contributed by atoms with Crippen LogP contribution in [0.1, 0.15) is 17.7 Å². The van der Waals surface area contributed by atoms with Crippen LogP contribution in [0.5, 0.6) is 0 Å². The van der Waals surface area contributed by atoms with Gasteiger partial charge in [0.15, 0.2) is 0 Å². The Morgan fingerprint density at radius 1 is 1.67 bits per heavy atom. The van der Waals surface area contributed by atoms with Gasteiger partial charge in [-0.15, -0.1) is 11.3 Å². The minimum atomic E-state index is 0.165. The molecule has 1 atom stereocenters. The fraction of sp³-hybridized carbons (Fsp3) is 0.545. The highest BCUT2D eigenvalue weighted by atomic mass is 32.1. The van der Waals surface area contributed by atoms with Crippen molar-refractivity contribution in [1.82, 2.24) is 10.6 Å². The standard InChI is InChI=1S/C11H16N2OS/c14-11(9-3-1-5-12-7-9)13-8-10-4-2-6-15-10/h2,4,6,9,12H,1,3,5,7-8H2,(H,13,14)/t9-/m1/s1. The van der Waals surface area contributed by atoms with E-state index in [9.17, 15) is 4.79 Å². The van der Waals surface area contributed by atoms with Crippen LogP contribution in [0.3, 0.4) is 0 Å². The Labute approximate surface area is 93.9 Å². The normalized spacial score (nSPS) is 21.2. The third-order valence-corrected chi connectivity index (χ3v) is 3.56. The second-order valence-electron chi connectivity index (χ2n) is 3.84. The number of hydrogen-bond donors (Lipinski definition) is 2. The van der Waals surface area contributed by atoms with Crippen molar-refractivity contribution in [3.63, 3.8) is 0 Å². The molecule has 2 N–H and O–H groups in total. The molecule has 2 rings (SSSR count). The molecule has 0 bridgehead atoms. The van der Waals surface area contributed by atoms with Crippen molar-refractivity contribution in [1.29, 1.82) is 0 Å². The molecule has 0 aromatic carbocycles. The maximum atomic E-state index is 11.7. The van der Waals surface area contributed by atoms with Crippen LogP contribution in [0.25, 0.3) is 0 Å². The van der Waals surface area contributed by atoms with Gasteiger partial charge in [0, 0.05) is 11.4 Å². The zero-order chi connectivity index (χ0) is 10.5. The van der Waals surface area contributed by atoms with Gasteiger partial charge in [-0.25, -0.2) is 0 Å². The highest BCUT2D eigenvalue weighted by Crippen LogP contribution is 2.11.